The Balaban J connectivity index is 1.57. The summed E-state index contributed by atoms with van der Waals surface area (Å²) in [5, 5.41) is 9.32. The van der Waals surface area contributed by atoms with Crippen LogP contribution in [-0.4, -0.2) is 28.6 Å². The van der Waals surface area contributed by atoms with Gasteiger partial charge in [-0.15, -0.1) is 0 Å². The zero-order chi connectivity index (χ0) is 26.9. The van der Waals surface area contributed by atoms with Gasteiger partial charge in [0.1, 0.15) is 34.9 Å². The molecule has 196 valence electrons. The van der Waals surface area contributed by atoms with Gasteiger partial charge in [-0.05, 0) is 61.9 Å². The molecular formula is C31H31FN2O4. The van der Waals surface area contributed by atoms with Gasteiger partial charge in [0.05, 0.1) is 0 Å². The summed E-state index contributed by atoms with van der Waals surface area (Å²) in [4.78, 5) is 13.5. The monoisotopic (exact) mass is 514 g/mol. The van der Waals surface area contributed by atoms with Crippen LogP contribution in [0.2, 0.25) is 0 Å². The van der Waals surface area contributed by atoms with Crippen molar-refractivity contribution in [3.05, 3.63) is 120 Å². The van der Waals surface area contributed by atoms with Crippen molar-refractivity contribution in [1.82, 2.24) is 4.90 Å². The first-order chi connectivity index (χ1) is 18.4. The quantitative estimate of drug-likeness (QED) is 0.224. The fourth-order valence-electron chi connectivity index (χ4n) is 3.97. The minimum atomic E-state index is -1.03. The third-order valence-corrected chi connectivity index (χ3v) is 6.10. The summed E-state index contributed by atoms with van der Waals surface area (Å²) in [7, 11) is 0. The molecule has 4 aromatic rings. The number of aliphatic carboxylic acids is 1. The predicted molar refractivity (Wildman–Crippen MR) is 145 cm³/mol. The maximum atomic E-state index is 13.4. The minimum Gasteiger partial charge on any atom is -0.480 e. The van der Waals surface area contributed by atoms with E-state index in [0.717, 1.165) is 28.2 Å². The van der Waals surface area contributed by atoms with E-state index in [2.05, 4.69) is 4.90 Å². The average molecular weight is 515 g/mol. The number of halogens is 1. The van der Waals surface area contributed by atoms with E-state index in [0.29, 0.717) is 31.1 Å². The number of carbonyl (C=O) groups is 1. The van der Waals surface area contributed by atoms with Crippen molar-refractivity contribution < 1.29 is 23.8 Å². The van der Waals surface area contributed by atoms with Crippen LogP contribution in [0.15, 0.2) is 97.1 Å². The number of ether oxygens (including phenoxy) is 2. The molecule has 0 fully saturated rings. The summed E-state index contributed by atoms with van der Waals surface area (Å²) in [5.74, 6) is 1.25. The van der Waals surface area contributed by atoms with Gasteiger partial charge in [-0.25, -0.2) is 4.39 Å². The summed E-state index contributed by atoms with van der Waals surface area (Å²) in [6.07, 6.45) is 0.275. The Labute approximate surface area is 222 Å². The topological polar surface area (TPSA) is 85.0 Å². The highest BCUT2D eigenvalue weighted by atomic mass is 19.1. The van der Waals surface area contributed by atoms with Crippen molar-refractivity contribution in [3.8, 4) is 23.0 Å². The number of rotatable bonds is 12. The molecule has 0 spiro atoms. The maximum Gasteiger partial charge on any atom is 0.320 e. The van der Waals surface area contributed by atoms with Gasteiger partial charge in [0, 0.05) is 30.8 Å². The molecule has 0 saturated carbocycles. The van der Waals surface area contributed by atoms with Gasteiger partial charge in [-0.1, -0.05) is 54.1 Å². The molecule has 0 unspecified atom stereocenters. The van der Waals surface area contributed by atoms with E-state index in [1.807, 2.05) is 79.7 Å². The molecule has 3 N–H and O–H groups in total. The van der Waals surface area contributed by atoms with Gasteiger partial charge >= 0.3 is 5.97 Å². The van der Waals surface area contributed by atoms with Gasteiger partial charge < -0.3 is 20.3 Å². The third kappa shape index (κ3) is 7.65. The largest absolute Gasteiger partial charge is 0.480 e. The van der Waals surface area contributed by atoms with Gasteiger partial charge in [-0.3, -0.25) is 9.69 Å². The lowest BCUT2D eigenvalue weighted by Gasteiger charge is -2.25. The van der Waals surface area contributed by atoms with E-state index in [9.17, 15) is 14.3 Å². The lowest BCUT2D eigenvalue weighted by molar-refractivity contribution is -0.138. The number of hydrogen-bond acceptors (Lipinski definition) is 5. The van der Waals surface area contributed by atoms with E-state index >= 15 is 0 Å². The first kappa shape index (κ1) is 26.9. The summed E-state index contributed by atoms with van der Waals surface area (Å²) >= 11 is 0. The molecule has 1 atom stereocenters. The van der Waals surface area contributed by atoms with E-state index < -0.39 is 12.0 Å². The number of nitrogens with two attached hydrogens (primary N) is 1. The fraction of sp³-hybridized carbons (Fsp3) is 0.194. The second kappa shape index (κ2) is 12.9. The first-order valence-electron chi connectivity index (χ1n) is 12.4. The van der Waals surface area contributed by atoms with Crippen LogP contribution in [0.3, 0.4) is 0 Å². The molecule has 0 bridgehead atoms. The molecule has 0 aliphatic heterocycles. The number of carboxylic acid groups (broad SMARTS) is 1. The molecule has 4 aromatic carbocycles. The Hall–Kier alpha value is -4.20. The van der Waals surface area contributed by atoms with Crippen LogP contribution in [0.25, 0.3) is 0 Å². The highest BCUT2D eigenvalue weighted by Crippen LogP contribution is 2.30. The zero-order valence-electron chi connectivity index (χ0n) is 21.2. The second-order valence-corrected chi connectivity index (χ2v) is 9.13. The number of nitrogens with zero attached hydrogens (tertiary/aromatic N) is 1. The molecule has 0 radical (unpaired) electrons. The van der Waals surface area contributed by atoms with Crippen molar-refractivity contribution in [3.63, 3.8) is 0 Å². The average Bonchev–Trinajstić information content (AvgIpc) is 2.91. The Kier molecular flexibility index (Phi) is 9.08. The van der Waals surface area contributed by atoms with E-state index in [1.165, 1.54) is 12.1 Å². The standard InChI is InChI=1S/C31H31FN2O4/c1-22-10-14-26(15-11-22)37-29-8-4-2-6-23(29)20-34(19-18-28(33)31(35)36)21-24-7-3-5-9-30(24)38-27-16-12-25(32)13-17-27/h2-17,28H,18-21,33H2,1H3,(H,35,36)/t28-/m1/s1. The molecule has 0 amide bonds. The Bertz CT molecular complexity index is 1250. The van der Waals surface area contributed by atoms with Crippen LogP contribution < -0.4 is 15.2 Å². The van der Waals surface area contributed by atoms with Crippen LogP contribution in [-0.2, 0) is 17.9 Å². The van der Waals surface area contributed by atoms with Crippen molar-refractivity contribution in [1.29, 1.82) is 0 Å². The van der Waals surface area contributed by atoms with Crippen LogP contribution in [0, 0.1) is 12.7 Å². The molecule has 0 aromatic heterocycles. The van der Waals surface area contributed by atoms with Crippen molar-refractivity contribution in [2.75, 3.05) is 6.54 Å². The normalized spacial score (nSPS) is 11.8. The molecule has 0 saturated heterocycles. The van der Waals surface area contributed by atoms with Gasteiger partial charge in [0.25, 0.3) is 0 Å². The molecular weight excluding hydrogens is 483 g/mol. The Morgan fingerprint density at radius 3 is 1.79 bits per heavy atom. The van der Waals surface area contributed by atoms with E-state index in [4.69, 9.17) is 15.2 Å². The number of para-hydroxylation sites is 2. The zero-order valence-corrected chi connectivity index (χ0v) is 21.2. The van der Waals surface area contributed by atoms with Gasteiger partial charge in [0.2, 0.25) is 0 Å². The third-order valence-electron chi connectivity index (χ3n) is 6.10. The SMILES string of the molecule is Cc1ccc(Oc2ccccc2CN(CC[C@@H](N)C(=O)O)Cc2ccccc2Oc2ccc(F)cc2)cc1. The van der Waals surface area contributed by atoms with Gasteiger partial charge in [-0.2, -0.15) is 0 Å². The number of benzene rings is 4. The smallest absolute Gasteiger partial charge is 0.320 e. The lowest BCUT2D eigenvalue weighted by Crippen LogP contribution is -2.35. The fourth-order valence-corrected chi connectivity index (χ4v) is 3.97. The lowest BCUT2D eigenvalue weighted by atomic mass is 10.1. The van der Waals surface area contributed by atoms with Crippen molar-refractivity contribution in [2.45, 2.75) is 32.5 Å². The molecule has 7 heteroatoms. The van der Waals surface area contributed by atoms with Crippen LogP contribution in [0.4, 0.5) is 4.39 Å². The second-order valence-electron chi connectivity index (χ2n) is 9.13. The minimum absolute atomic E-state index is 0.275. The highest BCUT2D eigenvalue weighted by Gasteiger charge is 2.18. The molecule has 4 rings (SSSR count). The summed E-state index contributed by atoms with van der Waals surface area (Å²) in [5.41, 5.74) is 8.83. The molecule has 0 aliphatic rings. The Morgan fingerprint density at radius 2 is 1.29 bits per heavy atom. The summed E-state index contributed by atoms with van der Waals surface area (Å²) in [6, 6.07) is 28.1. The maximum absolute atomic E-state index is 13.4. The molecule has 0 aliphatic carbocycles. The van der Waals surface area contributed by atoms with E-state index in [1.54, 1.807) is 12.1 Å². The molecule has 6 nitrogen and oxygen atoms in total. The van der Waals surface area contributed by atoms with Crippen molar-refractivity contribution in [2.24, 2.45) is 5.73 Å². The first-order valence-corrected chi connectivity index (χ1v) is 12.4. The van der Waals surface area contributed by atoms with E-state index in [-0.39, 0.29) is 12.2 Å². The number of carboxylic acids is 1. The number of hydrogen-bond donors (Lipinski definition) is 2. The van der Waals surface area contributed by atoms with Crippen LogP contribution >= 0.6 is 0 Å². The summed E-state index contributed by atoms with van der Waals surface area (Å²) in [6.45, 7) is 3.44. The highest BCUT2D eigenvalue weighted by molar-refractivity contribution is 5.73. The Morgan fingerprint density at radius 1 is 0.816 bits per heavy atom. The predicted octanol–water partition coefficient (Wildman–Crippen LogP) is 6.52. The van der Waals surface area contributed by atoms with Crippen LogP contribution in [0.5, 0.6) is 23.0 Å². The van der Waals surface area contributed by atoms with Crippen molar-refractivity contribution >= 4 is 5.97 Å². The van der Waals surface area contributed by atoms with Gasteiger partial charge in [0.15, 0.2) is 0 Å². The summed E-state index contributed by atoms with van der Waals surface area (Å²) < 4.78 is 25.6. The molecule has 0 heterocycles. The number of aryl methyl sites for hydroxylation is 1. The van der Waals surface area contributed by atoms with Crippen LogP contribution in [0.1, 0.15) is 23.1 Å². The molecule has 38 heavy (non-hydrogen) atoms.